The standard InChI is InChI=1S/C10H13N3O3S/c1-8-7-17-5-4-12(8)11-6-9-2-3-10(16-9)13(14)15/h2-3,6,8H,4-5,7H2,1H3. The van der Waals surface area contributed by atoms with Crippen molar-refractivity contribution in [2.24, 2.45) is 5.10 Å². The van der Waals surface area contributed by atoms with Gasteiger partial charge in [-0.05, 0) is 13.0 Å². The molecular weight excluding hydrogens is 242 g/mol. The highest BCUT2D eigenvalue weighted by Gasteiger charge is 2.16. The van der Waals surface area contributed by atoms with E-state index in [4.69, 9.17) is 4.42 Å². The minimum atomic E-state index is -0.558. The van der Waals surface area contributed by atoms with Gasteiger partial charge in [-0.25, -0.2) is 0 Å². The Morgan fingerprint density at radius 3 is 3.18 bits per heavy atom. The third kappa shape index (κ3) is 3.00. The summed E-state index contributed by atoms with van der Waals surface area (Å²) in [6, 6.07) is 3.26. The third-order valence-corrected chi connectivity index (χ3v) is 3.65. The Hall–Kier alpha value is -1.50. The smallest absolute Gasteiger partial charge is 0.400 e. The van der Waals surface area contributed by atoms with Crippen LogP contribution >= 0.6 is 11.8 Å². The molecule has 1 aliphatic rings. The Balaban J connectivity index is 2.01. The second kappa shape index (κ2) is 5.22. The topological polar surface area (TPSA) is 71.9 Å². The number of nitro groups is 1. The number of hydrogen-bond donors (Lipinski definition) is 0. The van der Waals surface area contributed by atoms with Gasteiger partial charge in [-0.3, -0.25) is 15.1 Å². The summed E-state index contributed by atoms with van der Waals surface area (Å²) in [5.74, 6) is 2.26. The minimum absolute atomic E-state index is 0.256. The molecule has 0 aromatic carbocycles. The van der Waals surface area contributed by atoms with Crippen LogP contribution in [0.25, 0.3) is 0 Å². The maximum atomic E-state index is 10.4. The van der Waals surface area contributed by atoms with E-state index in [2.05, 4.69) is 12.0 Å². The lowest BCUT2D eigenvalue weighted by molar-refractivity contribution is -0.402. The first-order chi connectivity index (χ1) is 8.16. The van der Waals surface area contributed by atoms with Crippen molar-refractivity contribution in [1.82, 2.24) is 5.01 Å². The zero-order valence-electron chi connectivity index (χ0n) is 9.41. The number of hydrazone groups is 1. The van der Waals surface area contributed by atoms with Gasteiger partial charge in [0.05, 0.1) is 18.3 Å². The molecule has 1 unspecified atom stereocenters. The summed E-state index contributed by atoms with van der Waals surface area (Å²) in [6.07, 6.45) is 1.53. The van der Waals surface area contributed by atoms with E-state index in [1.54, 1.807) is 6.07 Å². The molecule has 0 amide bonds. The van der Waals surface area contributed by atoms with Crippen LogP contribution in [0.4, 0.5) is 5.88 Å². The second-order valence-corrected chi connectivity index (χ2v) is 4.91. The highest BCUT2D eigenvalue weighted by molar-refractivity contribution is 7.99. The summed E-state index contributed by atoms with van der Waals surface area (Å²) in [5, 5.41) is 16.7. The third-order valence-electron chi connectivity index (χ3n) is 2.46. The molecule has 2 rings (SSSR count). The Bertz CT molecular complexity index is 432. The molecule has 0 saturated carbocycles. The van der Waals surface area contributed by atoms with E-state index >= 15 is 0 Å². The Morgan fingerprint density at radius 1 is 1.71 bits per heavy atom. The van der Waals surface area contributed by atoms with E-state index in [1.807, 2.05) is 16.8 Å². The van der Waals surface area contributed by atoms with Gasteiger partial charge >= 0.3 is 5.88 Å². The first-order valence-electron chi connectivity index (χ1n) is 5.29. The molecule has 1 aliphatic heterocycles. The van der Waals surface area contributed by atoms with Gasteiger partial charge in [0.2, 0.25) is 0 Å². The molecule has 0 spiro atoms. The average Bonchev–Trinajstić information content (AvgIpc) is 2.77. The molecule has 1 saturated heterocycles. The summed E-state index contributed by atoms with van der Waals surface area (Å²) < 4.78 is 4.99. The molecule has 0 N–H and O–H groups in total. The van der Waals surface area contributed by atoms with E-state index in [-0.39, 0.29) is 5.88 Å². The second-order valence-electron chi connectivity index (χ2n) is 3.76. The molecule has 1 aromatic heterocycles. The van der Waals surface area contributed by atoms with E-state index in [0.717, 1.165) is 18.1 Å². The molecule has 0 bridgehead atoms. The summed E-state index contributed by atoms with van der Waals surface area (Å²) in [7, 11) is 0. The predicted molar refractivity (Wildman–Crippen MR) is 66.4 cm³/mol. The normalized spacial score (nSPS) is 21.0. The first kappa shape index (κ1) is 12.0. The van der Waals surface area contributed by atoms with Crippen molar-refractivity contribution in [3.63, 3.8) is 0 Å². The lowest BCUT2D eigenvalue weighted by Crippen LogP contribution is -2.36. The van der Waals surface area contributed by atoms with Crippen molar-refractivity contribution in [2.45, 2.75) is 13.0 Å². The van der Waals surface area contributed by atoms with Gasteiger partial charge in [0.25, 0.3) is 0 Å². The monoisotopic (exact) mass is 255 g/mol. The van der Waals surface area contributed by atoms with Crippen molar-refractivity contribution >= 4 is 23.9 Å². The molecule has 1 fully saturated rings. The molecule has 0 radical (unpaired) electrons. The SMILES string of the molecule is CC1CSCCN1N=Cc1ccc([N+](=O)[O-])o1. The van der Waals surface area contributed by atoms with Crippen LogP contribution in [0, 0.1) is 10.1 Å². The fraction of sp³-hybridized carbons (Fsp3) is 0.500. The summed E-state index contributed by atoms with van der Waals surface area (Å²) in [4.78, 5) is 9.87. The quantitative estimate of drug-likeness (QED) is 0.469. The van der Waals surface area contributed by atoms with Gasteiger partial charge in [-0.15, -0.1) is 0 Å². The van der Waals surface area contributed by atoms with Gasteiger partial charge in [0.15, 0.2) is 5.76 Å². The summed E-state index contributed by atoms with van der Waals surface area (Å²) in [5.41, 5.74) is 0. The molecule has 0 aliphatic carbocycles. The van der Waals surface area contributed by atoms with Crippen LogP contribution < -0.4 is 0 Å². The summed E-state index contributed by atoms with van der Waals surface area (Å²) in [6.45, 7) is 3.00. The van der Waals surface area contributed by atoms with Gasteiger partial charge < -0.3 is 4.42 Å². The largest absolute Gasteiger partial charge is 0.433 e. The van der Waals surface area contributed by atoms with Crippen LogP contribution in [-0.4, -0.2) is 40.2 Å². The van der Waals surface area contributed by atoms with Gasteiger partial charge in [0, 0.05) is 18.1 Å². The molecule has 7 heteroatoms. The maximum absolute atomic E-state index is 10.4. The molecule has 1 aromatic rings. The highest BCUT2D eigenvalue weighted by atomic mass is 32.2. The van der Waals surface area contributed by atoms with Crippen LogP contribution in [0.15, 0.2) is 21.7 Å². The van der Waals surface area contributed by atoms with Crippen molar-refractivity contribution < 1.29 is 9.34 Å². The van der Waals surface area contributed by atoms with Gasteiger partial charge in [-0.2, -0.15) is 16.9 Å². The minimum Gasteiger partial charge on any atom is -0.400 e. The number of hydrogen-bond acceptors (Lipinski definition) is 6. The van der Waals surface area contributed by atoms with E-state index in [1.165, 1.54) is 12.3 Å². The lowest BCUT2D eigenvalue weighted by atomic mass is 10.4. The molecule has 17 heavy (non-hydrogen) atoms. The number of furan rings is 1. The van der Waals surface area contributed by atoms with Crippen molar-refractivity contribution in [3.05, 3.63) is 28.0 Å². The summed E-state index contributed by atoms with van der Waals surface area (Å²) >= 11 is 1.91. The lowest BCUT2D eigenvalue weighted by Gasteiger charge is -2.30. The molecular formula is C10H13N3O3S. The van der Waals surface area contributed by atoms with Crippen LogP contribution in [0.1, 0.15) is 12.7 Å². The predicted octanol–water partition coefficient (Wildman–Crippen LogP) is 1.96. The van der Waals surface area contributed by atoms with Gasteiger partial charge in [-0.1, -0.05) is 0 Å². The van der Waals surface area contributed by atoms with Crippen molar-refractivity contribution in [3.8, 4) is 0 Å². The fourth-order valence-corrected chi connectivity index (χ4v) is 2.53. The molecule has 6 nitrogen and oxygen atoms in total. The van der Waals surface area contributed by atoms with Crippen molar-refractivity contribution in [2.75, 3.05) is 18.1 Å². The fourth-order valence-electron chi connectivity index (χ4n) is 1.53. The van der Waals surface area contributed by atoms with Crippen LogP contribution in [-0.2, 0) is 0 Å². The number of rotatable bonds is 3. The van der Waals surface area contributed by atoms with E-state index in [9.17, 15) is 10.1 Å². The number of thioether (sulfide) groups is 1. The van der Waals surface area contributed by atoms with Crippen molar-refractivity contribution in [1.29, 1.82) is 0 Å². The van der Waals surface area contributed by atoms with Crippen LogP contribution in [0.3, 0.4) is 0 Å². The number of nitrogens with zero attached hydrogens (tertiary/aromatic N) is 3. The van der Waals surface area contributed by atoms with Crippen LogP contribution in [0.2, 0.25) is 0 Å². The molecule has 2 heterocycles. The Kier molecular flexibility index (Phi) is 3.68. The molecule has 92 valence electrons. The van der Waals surface area contributed by atoms with Crippen LogP contribution in [0.5, 0.6) is 0 Å². The maximum Gasteiger partial charge on any atom is 0.433 e. The average molecular weight is 255 g/mol. The van der Waals surface area contributed by atoms with E-state index in [0.29, 0.717) is 11.8 Å². The van der Waals surface area contributed by atoms with Gasteiger partial charge in [0.1, 0.15) is 4.92 Å². The molecule has 1 atom stereocenters. The zero-order chi connectivity index (χ0) is 12.3. The zero-order valence-corrected chi connectivity index (χ0v) is 10.2. The Labute approximate surface area is 103 Å². The Morgan fingerprint density at radius 2 is 2.53 bits per heavy atom. The highest BCUT2D eigenvalue weighted by Crippen LogP contribution is 2.17. The van der Waals surface area contributed by atoms with E-state index < -0.39 is 4.92 Å². The first-order valence-corrected chi connectivity index (χ1v) is 6.45.